The molecule has 2 heteroatoms. The van der Waals surface area contributed by atoms with E-state index in [1.165, 1.54) is 0 Å². The summed E-state index contributed by atoms with van der Waals surface area (Å²) in [4.78, 5) is 0. The van der Waals surface area contributed by atoms with Crippen molar-refractivity contribution in [2.75, 3.05) is 0 Å². The number of hydrogen-bond donors (Lipinski definition) is 0. The van der Waals surface area contributed by atoms with E-state index in [2.05, 4.69) is 0 Å². The van der Waals surface area contributed by atoms with E-state index in [0.29, 0.717) is 0 Å². The molecule has 0 aliphatic heterocycles. The van der Waals surface area contributed by atoms with Crippen molar-refractivity contribution < 1.29 is 0 Å². The molecule has 0 fully saturated rings. The first-order valence-corrected chi connectivity index (χ1v) is 2.41. The van der Waals surface area contributed by atoms with Crippen LogP contribution in [0.25, 0.3) is 0 Å². The van der Waals surface area contributed by atoms with Crippen molar-refractivity contribution in [3.05, 3.63) is 22.9 Å². The zero-order chi connectivity index (χ0) is 3.54. The first-order valence-electron chi connectivity index (χ1n) is 1.47. The van der Waals surface area contributed by atoms with Crippen molar-refractivity contribution in [1.29, 1.82) is 0 Å². The molecule has 0 unspecified atom stereocenters. The second-order valence-corrected chi connectivity index (χ2v) is 1.61. The second kappa shape index (κ2) is 3.49. The van der Waals surface area contributed by atoms with Crippen LogP contribution >= 0.6 is 11.3 Å². The predicted molar refractivity (Wildman–Crippen MR) is 31.5 cm³/mol. The van der Waals surface area contributed by atoms with Crippen LogP contribution in [-0.4, -0.2) is 18.9 Å². The Kier molecular flexibility index (Phi) is 3.66. The Morgan fingerprint density at radius 1 is 1.00 bits per heavy atom. The fraction of sp³-hybridized carbons (Fsp3) is 0. The van der Waals surface area contributed by atoms with E-state index in [-0.39, 0.29) is 18.9 Å². The summed E-state index contributed by atoms with van der Waals surface area (Å²) in [5, 5.41) is 4.08. The van der Waals surface area contributed by atoms with Crippen LogP contribution < -0.4 is 0 Å². The molecule has 0 amide bonds. The van der Waals surface area contributed by atoms with Crippen molar-refractivity contribution in [2.24, 2.45) is 0 Å². The Hall–Kier alpha value is 0.297. The van der Waals surface area contributed by atoms with Crippen molar-refractivity contribution >= 4 is 30.2 Å². The molecule has 1 rings (SSSR count). The minimum atomic E-state index is 0. The predicted octanol–water partition coefficient (Wildman–Crippen LogP) is 1.10. The van der Waals surface area contributed by atoms with E-state index >= 15 is 0 Å². The number of hydrogen-bond acceptors (Lipinski definition) is 1. The van der Waals surface area contributed by atoms with E-state index in [1.54, 1.807) is 11.3 Å². The van der Waals surface area contributed by atoms with Gasteiger partial charge in [-0.1, -0.05) is 12.1 Å². The van der Waals surface area contributed by atoms with Crippen molar-refractivity contribution in [3.63, 3.8) is 0 Å². The summed E-state index contributed by atoms with van der Waals surface area (Å²) in [5.41, 5.74) is 0. The zero-order valence-corrected chi connectivity index (χ0v) is 3.53. The SMILES string of the molecule is [LiH].c1ccsc1. The molecule has 0 aromatic carbocycles. The van der Waals surface area contributed by atoms with Gasteiger partial charge in [-0.25, -0.2) is 0 Å². The first kappa shape index (κ1) is 6.30. The van der Waals surface area contributed by atoms with Gasteiger partial charge in [0.15, 0.2) is 0 Å². The molecule has 0 N–H and O–H groups in total. The monoisotopic (exact) mass is 92.0 g/mol. The number of thiophene rings is 1. The van der Waals surface area contributed by atoms with Gasteiger partial charge < -0.3 is 0 Å². The Bertz CT molecular complexity index is 64.0. The fourth-order valence-corrected chi connectivity index (χ4v) is 0.680. The maximum Gasteiger partial charge on any atom is -0.00934 e. The summed E-state index contributed by atoms with van der Waals surface area (Å²) in [7, 11) is 0. The van der Waals surface area contributed by atoms with E-state index in [4.69, 9.17) is 0 Å². The molecule has 1 aromatic heterocycles. The van der Waals surface area contributed by atoms with Crippen LogP contribution in [-0.2, 0) is 0 Å². The van der Waals surface area contributed by atoms with Crippen LogP contribution in [0.3, 0.4) is 0 Å². The molecule has 6 heavy (non-hydrogen) atoms. The van der Waals surface area contributed by atoms with Crippen molar-refractivity contribution in [1.82, 2.24) is 0 Å². The minimum absolute atomic E-state index is 0. The van der Waals surface area contributed by atoms with Crippen molar-refractivity contribution in [3.8, 4) is 0 Å². The summed E-state index contributed by atoms with van der Waals surface area (Å²) in [5.74, 6) is 0. The van der Waals surface area contributed by atoms with Gasteiger partial charge in [-0.15, -0.1) is 0 Å². The summed E-state index contributed by atoms with van der Waals surface area (Å²) in [6.45, 7) is 0. The van der Waals surface area contributed by atoms with Gasteiger partial charge in [-0.3, -0.25) is 0 Å². The van der Waals surface area contributed by atoms with E-state index < -0.39 is 0 Å². The largest absolute Gasteiger partial charge is 0.152 e. The summed E-state index contributed by atoms with van der Waals surface area (Å²) < 4.78 is 0. The quantitative estimate of drug-likeness (QED) is 0.420. The Morgan fingerprint density at radius 3 is 1.67 bits per heavy atom. The first-order chi connectivity index (χ1) is 2.50. The van der Waals surface area contributed by atoms with Crippen molar-refractivity contribution in [2.45, 2.75) is 0 Å². The normalized spacial score (nSPS) is 6.67. The molecular formula is C4H5LiS. The third-order valence-corrected chi connectivity index (χ3v) is 1.05. The molecule has 0 radical (unpaired) electrons. The van der Waals surface area contributed by atoms with Crippen LogP contribution in [0, 0.1) is 0 Å². The van der Waals surface area contributed by atoms with Gasteiger partial charge in [-0.05, 0) is 10.8 Å². The van der Waals surface area contributed by atoms with Crippen LogP contribution in [0.1, 0.15) is 0 Å². The molecule has 0 saturated carbocycles. The molecule has 0 saturated heterocycles. The third-order valence-electron chi connectivity index (χ3n) is 0.425. The molecule has 0 atom stereocenters. The Morgan fingerprint density at radius 2 is 1.50 bits per heavy atom. The van der Waals surface area contributed by atoms with Crippen LogP contribution in [0.5, 0.6) is 0 Å². The van der Waals surface area contributed by atoms with E-state index in [0.717, 1.165) is 0 Å². The summed E-state index contributed by atoms with van der Waals surface area (Å²) in [6, 6.07) is 4.04. The maximum absolute atomic E-state index is 2.04. The van der Waals surface area contributed by atoms with Gasteiger partial charge in [-0.2, -0.15) is 11.3 Å². The van der Waals surface area contributed by atoms with Gasteiger partial charge in [0.1, 0.15) is 0 Å². The zero-order valence-electron chi connectivity index (χ0n) is 2.72. The molecule has 0 nitrogen and oxygen atoms in total. The molecule has 0 spiro atoms. The summed E-state index contributed by atoms with van der Waals surface area (Å²) >= 11 is 1.71. The smallest absolute Gasteiger partial charge is 0.00934 e. The standard InChI is InChI=1S/C4H4S.Li.H/c1-2-4-5-3-1;;/h1-4H;;. The van der Waals surface area contributed by atoms with Crippen LogP contribution in [0.4, 0.5) is 0 Å². The van der Waals surface area contributed by atoms with Gasteiger partial charge in [0.2, 0.25) is 0 Å². The number of rotatable bonds is 0. The average Bonchev–Trinajstić information content (AvgIpc) is 1.76. The van der Waals surface area contributed by atoms with Gasteiger partial charge >= 0.3 is 18.9 Å². The molecule has 28 valence electrons. The van der Waals surface area contributed by atoms with Crippen LogP contribution in [0.15, 0.2) is 22.9 Å². The maximum atomic E-state index is 2.04. The topological polar surface area (TPSA) is 0 Å². The Labute approximate surface area is 53.4 Å². The van der Waals surface area contributed by atoms with E-state index in [9.17, 15) is 0 Å². The fourth-order valence-electron chi connectivity index (χ4n) is 0.227. The Balaban J connectivity index is 0.000000250. The van der Waals surface area contributed by atoms with Gasteiger partial charge in [0.05, 0.1) is 0 Å². The molecule has 0 bridgehead atoms. The molecule has 0 aliphatic carbocycles. The minimum Gasteiger partial charge on any atom is -0.152 e. The van der Waals surface area contributed by atoms with Crippen LogP contribution in [0.2, 0.25) is 0 Å². The van der Waals surface area contributed by atoms with E-state index in [1.807, 2.05) is 22.9 Å². The second-order valence-electron chi connectivity index (χ2n) is 0.793. The average molecular weight is 92.1 g/mol. The molecule has 1 aromatic rings. The van der Waals surface area contributed by atoms with Gasteiger partial charge in [0, 0.05) is 0 Å². The molecule has 0 aliphatic rings. The van der Waals surface area contributed by atoms with Gasteiger partial charge in [0.25, 0.3) is 0 Å². The third kappa shape index (κ3) is 1.67. The molecular weight excluding hydrogens is 87.1 g/mol. The molecule has 1 heterocycles. The summed E-state index contributed by atoms with van der Waals surface area (Å²) in [6.07, 6.45) is 0.